The third-order valence-corrected chi connectivity index (χ3v) is 2.92. The number of hydrogen-bond acceptors (Lipinski definition) is 2. The van der Waals surface area contributed by atoms with E-state index in [4.69, 9.17) is 0 Å². The Morgan fingerprint density at radius 2 is 2.06 bits per heavy atom. The summed E-state index contributed by atoms with van der Waals surface area (Å²) in [6.45, 7) is 4.26. The second kappa shape index (κ2) is 4.57. The molecule has 1 fully saturated rings. The van der Waals surface area contributed by atoms with Crippen molar-refractivity contribution in [2.24, 2.45) is 0 Å². The highest BCUT2D eigenvalue weighted by atomic mass is 16.2. The number of carbonyl (C=O) groups excluding carboxylic acids is 2. The molecular weight excluding hydrogens is 216 g/mol. The largest absolute Gasteiger partial charge is 0.326 e. The van der Waals surface area contributed by atoms with Crippen molar-refractivity contribution in [1.29, 1.82) is 0 Å². The number of nitrogens with one attached hydrogen (secondary N) is 2. The maximum atomic E-state index is 11.4. The summed E-state index contributed by atoms with van der Waals surface area (Å²) in [5.41, 5.74) is 2.31. The molecule has 4 nitrogen and oxygen atoms in total. The lowest BCUT2D eigenvalue weighted by Gasteiger charge is -2.10. The Morgan fingerprint density at radius 1 is 1.29 bits per heavy atom. The fourth-order valence-electron chi connectivity index (χ4n) is 1.92. The van der Waals surface area contributed by atoms with Crippen LogP contribution in [-0.4, -0.2) is 18.0 Å². The van der Waals surface area contributed by atoms with Crippen LogP contribution in [0, 0.1) is 0 Å². The molecule has 17 heavy (non-hydrogen) atoms. The number of hydrogen-bond donors (Lipinski definition) is 2. The monoisotopic (exact) mass is 232 g/mol. The van der Waals surface area contributed by atoms with Crippen LogP contribution in [0.5, 0.6) is 0 Å². The van der Waals surface area contributed by atoms with Crippen molar-refractivity contribution in [3.8, 4) is 0 Å². The molecule has 1 heterocycles. The molecule has 1 saturated heterocycles. The molecule has 1 aliphatic heterocycles. The van der Waals surface area contributed by atoms with Gasteiger partial charge in [0.1, 0.15) is 6.04 Å². The molecule has 1 atom stereocenters. The third kappa shape index (κ3) is 2.64. The minimum absolute atomic E-state index is 0.245. The van der Waals surface area contributed by atoms with E-state index in [0.29, 0.717) is 12.3 Å². The topological polar surface area (TPSA) is 58.2 Å². The van der Waals surface area contributed by atoms with Crippen molar-refractivity contribution >= 4 is 11.9 Å². The molecule has 2 rings (SSSR count). The molecule has 0 aliphatic carbocycles. The molecular formula is C13H16N2O2. The van der Waals surface area contributed by atoms with Gasteiger partial charge in [0.2, 0.25) is 0 Å². The third-order valence-electron chi connectivity index (χ3n) is 2.92. The first-order chi connectivity index (χ1) is 8.06. The Kier molecular flexibility index (Phi) is 3.13. The number of rotatable bonds is 3. The molecule has 0 saturated carbocycles. The van der Waals surface area contributed by atoms with Crippen molar-refractivity contribution in [3.05, 3.63) is 35.4 Å². The molecule has 1 aromatic rings. The van der Waals surface area contributed by atoms with E-state index >= 15 is 0 Å². The molecule has 0 aromatic heterocycles. The van der Waals surface area contributed by atoms with Gasteiger partial charge in [0.05, 0.1) is 0 Å². The Labute approximate surface area is 100 Å². The molecule has 0 bridgehead atoms. The van der Waals surface area contributed by atoms with Gasteiger partial charge in [-0.2, -0.15) is 0 Å². The van der Waals surface area contributed by atoms with Gasteiger partial charge in [-0.1, -0.05) is 38.1 Å². The fourth-order valence-corrected chi connectivity index (χ4v) is 1.92. The average molecular weight is 232 g/mol. The summed E-state index contributed by atoms with van der Waals surface area (Å²) >= 11 is 0. The molecule has 4 heteroatoms. The highest BCUT2D eigenvalue weighted by Crippen LogP contribution is 2.17. The Balaban J connectivity index is 2.11. The zero-order chi connectivity index (χ0) is 12.4. The molecule has 1 aromatic carbocycles. The number of benzene rings is 1. The zero-order valence-corrected chi connectivity index (χ0v) is 9.99. The van der Waals surface area contributed by atoms with E-state index in [1.807, 2.05) is 12.1 Å². The van der Waals surface area contributed by atoms with Crippen LogP contribution in [0.25, 0.3) is 0 Å². The lowest BCUT2D eigenvalue weighted by Crippen LogP contribution is -2.31. The van der Waals surface area contributed by atoms with Gasteiger partial charge in [0.15, 0.2) is 0 Å². The van der Waals surface area contributed by atoms with Crippen LogP contribution in [0.4, 0.5) is 4.79 Å². The van der Waals surface area contributed by atoms with Crippen LogP contribution in [-0.2, 0) is 11.2 Å². The molecule has 1 unspecified atom stereocenters. The van der Waals surface area contributed by atoms with Crippen LogP contribution < -0.4 is 10.6 Å². The smallest absolute Gasteiger partial charge is 0.322 e. The van der Waals surface area contributed by atoms with Crippen LogP contribution in [0.2, 0.25) is 0 Å². The van der Waals surface area contributed by atoms with Gasteiger partial charge in [0, 0.05) is 6.42 Å². The zero-order valence-electron chi connectivity index (χ0n) is 9.99. The SMILES string of the molecule is CC(C)c1cccc(CC2NC(=O)NC2=O)c1. The normalized spacial score (nSPS) is 19.4. The van der Waals surface area contributed by atoms with Crippen LogP contribution in [0.3, 0.4) is 0 Å². The number of amides is 3. The summed E-state index contributed by atoms with van der Waals surface area (Å²) in [5.74, 6) is 0.215. The highest BCUT2D eigenvalue weighted by Gasteiger charge is 2.29. The second-order valence-electron chi connectivity index (χ2n) is 4.62. The van der Waals surface area contributed by atoms with Crippen molar-refractivity contribution < 1.29 is 9.59 Å². The van der Waals surface area contributed by atoms with Gasteiger partial charge in [-0.25, -0.2) is 4.79 Å². The van der Waals surface area contributed by atoms with Crippen LogP contribution in [0.15, 0.2) is 24.3 Å². The fraction of sp³-hybridized carbons (Fsp3) is 0.385. The minimum atomic E-state index is -0.440. The first-order valence-electron chi connectivity index (χ1n) is 5.76. The predicted octanol–water partition coefficient (Wildman–Crippen LogP) is 1.56. The Bertz CT molecular complexity index is 454. The van der Waals surface area contributed by atoms with E-state index < -0.39 is 12.1 Å². The number of carbonyl (C=O) groups is 2. The van der Waals surface area contributed by atoms with Crippen molar-refractivity contribution in [2.75, 3.05) is 0 Å². The molecule has 3 amide bonds. The minimum Gasteiger partial charge on any atom is -0.326 e. The quantitative estimate of drug-likeness (QED) is 0.777. The average Bonchev–Trinajstić information content (AvgIpc) is 2.58. The standard InChI is InChI=1S/C13H16N2O2/c1-8(2)10-5-3-4-9(6-10)7-11-12(16)15-13(17)14-11/h3-6,8,11H,7H2,1-2H3,(H2,14,15,16,17). The summed E-state index contributed by atoms with van der Waals surface area (Å²) in [5, 5.41) is 4.84. The predicted molar refractivity (Wildman–Crippen MR) is 64.7 cm³/mol. The van der Waals surface area contributed by atoms with E-state index in [2.05, 4.69) is 36.6 Å². The summed E-state index contributed by atoms with van der Waals surface area (Å²) in [7, 11) is 0. The van der Waals surface area contributed by atoms with Crippen molar-refractivity contribution in [3.63, 3.8) is 0 Å². The van der Waals surface area contributed by atoms with Gasteiger partial charge in [-0.15, -0.1) is 0 Å². The molecule has 90 valence electrons. The number of urea groups is 1. The Hall–Kier alpha value is -1.84. The van der Waals surface area contributed by atoms with Crippen molar-refractivity contribution in [1.82, 2.24) is 10.6 Å². The van der Waals surface area contributed by atoms with Crippen molar-refractivity contribution in [2.45, 2.75) is 32.2 Å². The lowest BCUT2D eigenvalue weighted by atomic mass is 9.98. The molecule has 1 aliphatic rings. The van der Waals surface area contributed by atoms with Gasteiger partial charge in [-0.05, 0) is 17.0 Å². The Morgan fingerprint density at radius 3 is 2.65 bits per heavy atom. The van der Waals surface area contributed by atoms with E-state index in [9.17, 15) is 9.59 Å². The summed E-state index contributed by atoms with van der Waals surface area (Å²) in [6, 6.07) is 7.28. The molecule has 2 N–H and O–H groups in total. The molecule has 0 radical (unpaired) electrons. The van der Waals surface area contributed by atoms with Gasteiger partial charge in [0.25, 0.3) is 5.91 Å². The maximum Gasteiger partial charge on any atom is 0.322 e. The summed E-state index contributed by atoms with van der Waals surface area (Å²) < 4.78 is 0. The highest BCUT2D eigenvalue weighted by molar-refractivity contribution is 6.04. The molecule has 0 spiro atoms. The van der Waals surface area contributed by atoms with Crippen LogP contribution >= 0.6 is 0 Å². The maximum absolute atomic E-state index is 11.4. The number of imide groups is 1. The lowest BCUT2D eigenvalue weighted by molar-refractivity contribution is -0.120. The van der Waals surface area contributed by atoms with E-state index in [0.717, 1.165) is 5.56 Å². The van der Waals surface area contributed by atoms with E-state index in [-0.39, 0.29) is 5.91 Å². The first-order valence-corrected chi connectivity index (χ1v) is 5.76. The summed E-state index contributed by atoms with van der Waals surface area (Å²) in [6.07, 6.45) is 0.540. The van der Waals surface area contributed by atoms with Gasteiger partial charge < -0.3 is 5.32 Å². The first kappa shape index (κ1) is 11.6. The second-order valence-corrected chi connectivity index (χ2v) is 4.62. The van der Waals surface area contributed by atoms with Gasteiger partial charge in [-0.3, -0.25) is 10.1 Å². The van der Waals surface area contributed by atoms with E-state index in [1.54, 1.807) is 0 Å². The van der Waals surface area contributed by atoms with Gasteiger partial charge >= 0.3 is 6.03 Å². The van der Waals surface area contributed by atoms with Crippen LogP contribution in [0.1, 0.15) is 30.9 Å². The van der Waals surface area contributed by atoms with E-state index in [1.165, 1.54) is 5.56 Å². The summed E-state index contributed by atoms with van der Waals surface area (Å²) in [4.78, 5) is 22.4.